The molecule has 0 bridgehead atoms. The number of benzene rings is 1. The molecule has 0 fully saturated rings. The third kappa shape index (κ3) is 3.49. The summed E-state index contributed by atoms with van der Waals surface area (Å²) in [5, 5.41) is 22.1. The summed E-state index contributed by atoms with van der Waals surface area (Å²) in [6.45, 7) is 1.61. The van der Waals surface area contributed by atoms with Crippen LogP contribution in [0.15, 0.2) is 41.6 Å². The van der Waals surface area contributed by atoms with Gasteiger partial charge >= 0.3 is 6.03 Å². The molecule has 0 radical (unpaired) electrons. The van der Waals surface area contributed by atoms with Gasteiger partial charge < -0.3 is 15.7 Å². The van der Waals surface area contributed by atoms with E-state index in [0.29, 0.717) is 11.3 Å². The summed E-state index contributed by atoms with van der Waals surface area (Å²) in [4.78, 5) is 23.3. The molecule has 0 saturated carbocycles. The average Bonchev–Trinajstić information content (AvgIpc) is 2.38. The number of amides is 2. The van der Waals surface area contributed by atoms with Gasteiger partial charge in [0.05, 0.1) is 22.1 Å². The van der Waals surface area contributed by atoms with Crippen LogP contribution in [0.5, 0.6) is 5.75 Å². The number of hydrogen-bond acceptors (Lipinski definition) is 4. The first-order valence-corrected chi connectivity index (χ1v) is 6.34. The zero-order valence-corrected chi connectivity index (χ0v) is 11.8. The van der Waals surface area contributed by atoms with Crippen LogP contribution >= 0.6 is 11.6 Å². The van der Waals surface area contributed by atoms with E-state index in [0.717, 1.165) is 0 Å². The van der Waals surface area contributed by atoms with E-state index < -0.39 is 6.03 Å². The van der Waals surface area contributed by atoms with Gasteiger partial charge in [0.2, 0.25) is 0 Å². The van der Waals surface area contributed by atoms with Crippen LogP contribution in [0.1, 0.15) is 6.92 Å². The van der Waals surface area contributed by atoms with Crippen LogP contribution in [0.2, 0.25) is 5.02 Å². The quantitative estimate of drug-likeness (QED) is 0.499. The number of carbonyl (C=O) groups excluding carboxylic acids is 2. The molecule has 1 aromatic carbocycles. The van der Waals surface area contributed by atoms with Gasteiger partial charge in [-0.3, -0.25) is 10.2 Å². The summed E-state index contributed by atoms with van der Waals surface area (Å²) < 4.78 is 0. The predicted molar refractivity (Wildman–Crippen MR) is 79.8 cm³/mol. The van der Waals surface area contributed by atoms with E-state index in [-0.39, 0.29) is 28.0 Å². The second kappa shape index (κ2) is 5.80. The first kappa shape index (κ1) is 14.8. The van der Waals surface area contributed by atoms with Gasteiger partial charge in [-0.15, -0.1) is 0 Å². The molecule has 21 heavy (non-hydrogen) atoms. The first-order chi connectivity index (χ1) is 9.86. The summed E-state index contributed by atoms with van der Waals surface area (Å²) in [7, 11) is 0. The first-order valence-electron chi connectivity index (χ1n) is 5.96. The number of phenols is 1. The Morgan fingerprint density at radius 2 is 2.00 bits per heavy atom. The lowest BCUT2D eigenvalue weighted by atomic mass is 10.0. The lowest BCUT2D eigenvalue weighted by molar-refractivity contribution is -0.110. The number of rotatable bonds is 2. The van der Waals surface area contributed by atoms with Gasteiger partial charge in [-0.1, -0.05) is 11.6 Å². The minimum atomic E-state index is -0.638. The predicted octanol–water partition coefficient (Wildman–Crippen LogP) is 2.60. The number of hydrogen-bond donors (Lipinski definition) is 4. The van der Waals surface area contributed by atoms with Crippen molar-refractivity contribution in [2.45, 2.75) is 6.92 Å². The zero-order valence-electron chi connectivity index (χ0n) is 11.0. The van der Waals surface area contributed by atoms with Crippen molar-refractivity contribution >= 4 is 34.8 Å². The normalized spacial score (nSPS) is 14.4. The largest absolute Gasteiger partial charge is 0.508 e. The molecule has 2 amide bonds. The van der Waals surface area contributed by atoms with Crippen LogP contribution < -0.4 is 10.6 Å². The Hall–Kier alpha value is -2.60. The molecule has 0 aliphatic heterocycles. The Balaban J connectivity index is 2.09. The Bertz CT molecular complexity index is 707. The molecule has 1 aliphatic carbocycles. The van der Waals surface area contributed by atoms with Crippen LogP contribution in [0.3, 0.4) is 0 Å². The van der Waals surface area contributed by atoms with Crippen molar-refractivity contribution in [2.75, 3.05) is 5.32 Å². The van der Waals surface area contributed by atoms with E-state index in [4.69, 9.17) is 17.0 Å². The molecule has 1 aliphatic rings. The summed E-state index contributed by atoms with van der Waals surface area (Å²) in [5.41, 5.74) is 0.961. The summed E-state index contributed by atoms with van der Waals surface area (Å²) in [5.74, 6) is -0.310. The molecule has 4 N–H and O–H groups in total. The number of halogens is 1. The van der Waals surface area contributed by atoms with Gasteiger partial charge in [0, 0.05) is 12.1 Å². The van der Waals surface area contributed by atoms with E-state index in [1.807, 2.05) is 0 Å². The third-order valence-corrected chi connectivity index (χ3v) is 3.07. The minimum Gasteiger partial charge on any atom is -0.508 e. The van der Waals surface area contributed by atoms with E-state index in [9.17, 15) is 14.7 Å². The van der Waals surface area contributed by atoms with E-state index in [1.54, 1.807) is 6.92 Å². The molecule has 0 unspecified atom stereocenters. The van der Waals surface area contributed by atoms with Crippen molar-refractivity contribution in [1.82, 2.24) is 5.32 Å². The van der Waals surface area contributed by atoms with Crippen LogP contribution in [0, 0.1) is 5.41 Å². The molecule has 0 heterocycles. The zero-order chi connectivity index (χ0) is 15.6. The Morgan fingerprint density at radius 3 is 2.67 bits per heavy atom. The van der Waals surface area contributed by atoms with Crippen molar-refractivity contribution in [3.8, 4) is 5.75 Å². The molecule has 0 aromatic heterocycles. The fourth-order valence-corrected chi connectivity index (χ4v) is 1.96. The Morgan fingerprint density at radius 1 is 1.29 bits per heavy atom. The minimum absolute atomic E-state index is 0.0194. The van der Waals surface area contributed by atoms with Crippen molar-refractivity contribution in [1.29, 1.82) is 5.41 Å². The number of ketones is 1. The molecule has 6 nitrogen and oxygen atoms in total. The lowest BCUT2D eigenvalue weighted by Crippen LogP contribution is -2.33. The van der Waals surface area contributed by atoms with Crippen molar-refractivity contribution < 1.29 is 14.7 Å². The smallest absolute Gasteiger partial charge is 0.323 e. The Kier molecular flexibility index (Phi) is 4.09. The van der Waals surface area contributed by atoms with Crippen molar-refractivity contribution in [2.24, 2.45) is 0 Å². The fraction of sp³-hybridized carbons (Fsp3) is 0.0714. The van der Waals surface area contributed by atoms with Gasteiger partial charge in [-0.2, -0.15) is 0 Å². The van der Waals surface area contributed by atoms with Gasteiger partial charge in [0.15, 0.2) is 5.78 Å². The highest BCUT2D eigenvalue weighted by Gasteiger charge is 2.17. The maximum atomic E-state index is 11.9. The second-order valence-electron chi connectivity index (χ2n) is 4.41. The SMILES string of the molecule is CC1=CC(=O)C=C(NC(=O)Nc2ccc(O)cc2Cl)C1=N. The number of urea groups is 1. The lowest BCUT2D eigenvalue weighted by Gasteiger charge is -2.15. The number of phenolic OH excluding ortho intramolecular Hbond substituents is 1. The van der Waals surface area contributed by atoms with Gasteiger partial charge in [0.1, 0.15) is 5.75 Å². The molecule has 0 spiro atoms. The molecular formula is C14H12ClN3O3. The van der Waals surface area contributed by atoms with Gasteiger partial charge in [-0.25, -0.2) is 4.79 Å². The molecule has 0 saturated heterocycles. The van der Waals surface area contributed by atoms with E-state index >= 15 is 0 Å². The second-order valence-corrected chi connectivity index (χ2v) is 4.81. The highest BCUT2D eigenvalue weighted by atomic mass is 35.5. The van der Waals surface area contributed by atoms with Crippen LogP contribution in [-0.2, 0) is 4.79 Å². The topological polar surface area (TPSA) is 102 Å². The molecule has 108 valence electrons. The summed E-state index contributed by atoms with van der Waals surface area (Å²) in [6, 6.07) is 3.46. The van der Waals surface area contributed by atoms with Gasteiger partial charge in [-0.05, 0) is 30.7 Å². The molecular weight excluding hydrogens is 294 g/mol. The average molecular weight is 306 g/mol. The molecule has 2 rings (SSSR count). The van der Waals surface area contributed by atoms with Crippen LogP contribution in [0.4, 0.5) is 10.5 Å². The maximum Gasteiger partial charge on any atom is 0.323 e. The van der Waals surface area contributed by atoms with E-state index in [2.05, 4.69) is 10.6 Å². The maximum absolute atomic E-state index is 11.9. The highest BCUT2D eigenvalue weighted by molar-refractivity contribution is 6.34. The van der Waals surface area contributed by atoms with Crippen molar-refractivity contribution in [3.63, 3.8) is 0 Å². The number of anilines is 1. The standard InChI is InChI=1S/C14H12ClN3O3/c1-7-4-9(20)6-12(13(7)16)18-14(21)17-11-3-2-8(19)5-10(11)15/h2-6,16,19H,1H3,(H2,17,18,21). The molecule has 0 atom stereocenters. The fourth-order valence-electron chi connectivity index (χ4n) is 1.73. The van der Waals surface area contributed by atoms with Crippen LogP contribution in [-0.4, -0.2) is 22.6 Å². The van der Waals surface area contributed by atoms with Crippen LogP contribution in [0.25, 0.3) is 0 Å². The monoisotopic (exact) mass is 305 g/mol. The molecule has 1 aromatic rings. The van der Waals surface area contributed by atoms with Gasteiger partial charge in [0.25, 0.3) is 0 Å². The Labute approximate surface area is 125 Å². The number of allylic oxidation sites excluding steroid dienone is 3. The third-order valence-electron chi connectivity index (χ3n) is 2.76. The summed E-state index contributed by atoms with van der Waals surface area (Å²) in [6.07, 6.45) is 2.50. The summed E-state index contributed by atoms with van der Waals surface area (Å²) >= 11 is 5.87. The number of aromatic hydroxyl groups is 1. The molecule has 7 heteroatoms. The number of nitrogens with one attached hydrogen (secondary N) is 3. The van der Waals surface area contributed by atoms with E-state index in [1.165, 1.54) is 30.4 Å². The number of carbonyl (C=O) groups is 2. The highest BCUT2D eigenvalue weighted by Crippen LogP contribution is 2.25. The van der Waals surface area contributed by atoms with Crippen molar-refractivity contribution in [3.05, 3.63) is 46.6 Å².